The highest BCUT2D eigenvalue weighted by Gasteiger charge is 2.44. The Bertz CT molecular complexity index is 825. The number of benzene rings is 2. The fraction of sp³-hybridized carbons (Fsp3) is 0.455. The fourth-order valence-electron chi connectivity index (χ4n) is 3.38. The lowest BCUT2D eigenvalue weighted by Crippen LogP contribution is -2.60. The number of aryl methyl sites for hydroxylation is 2. The van der Waals surface area contributed by atoms with Crippen molar-refractivity contribution < 1.29 is 39.4 Å². The van der Waals surface area contributed by atoms with Crippen LogP contribution in [0.4, 0.5) is 0 Å². The van der Waals surface area contributed by atoms with E-state index in [1.54, 1.807) is 26.4 Å². The van der Waals surface area contributed by atoms with Gasteiger partial charge in [0.05, 0.1) is 20.8 Å². The summed E-state index contributed by atoms with van der Waals surface area (Å²) in [5.41, 5.74) is 2.06. The van der Waals surface area contributed by atoms with E-state index in [-0.39, 0.29) is 0 Å². The molecule has 8 nitrogen and oxygen atoms in total. The molecule has 2 aromatic rings. The average Bonchev–Trinajstić information content (AvgIpc) is 2.78. The Morgan fingerprint density at radius 1 is 0.800 bits per heavy atom. The predicted octanol–water partition coefficient (Wildman–Crippen LogP) is 0.668. The van der Waals surface area contributed by atoms with Crippen molar-refractivity contribution >= 4 is 0 Å². The molecule has 0 amide bonds. The van der Waals surface area contributed by atoms with Crippen molar-refractivity contribution in [2.75, 3.05) is 20.8 Å². The molecule has 8 heteroatoms. The van der Waals surface area contributed by atoms with Crippen LogP contribution in [0, 0.1) is 0 Å². The quantitative estimate of drug-likeness (QED) is 0.492. The fourth-order valence-corrected chi connectivity index (χ4v) is 3.38. The average molecular weight is 420 g/mol. The molecule has 1 heterocycles. The van der Waals surface area contributed by atoms with E-state index in [1.165, 1.54) is 0 Å². The summed E-state index contributed by atoms with van der Waals surface area (Å²) >= 11 is 0. The molecule has 0 spiro atoms. The molecule has 0 aromatic heterocycles. The van der Waals surface area contributed by atoms with E-state index in [2.05, 4.69) is 0 Å². The molecule has 3 rings (SSSR count). The number of aliphatic hydroxyl groups is 4. The Balaban J connectivity index is 1.73. The number of rotatable bonds is 8. The lowest BCUT2D eigenvalue weighted by molar-refractivity contribution is -0.277. The van der Waals surface area contributed by atoms with Gasteiger partial charge in [0.15, 0.2) is 0 Å². The molecule has 1 saturated heterocycles. The van der Waals surface area contributed by atoms with Gasteiger partial charge < -0.3 is 39.4 Å². The summed E-state index contributed by atoms with van der Waals surface area (Å²) in [6.45, 7) is -0.519. The van der Waals surface area contributed by atoms with Gasteiger partial charge in [-0.3, -0.25) is 0 Å². The molecule has 2 aromatic carbocycles. The predicted molar refractivity (Wildman–Crippen MR) is 108 cm³/mol. The van der Waals surface area contributed by atoms with Crippen molar-refractivity contribution in [1.29, 1.82) is 0 Å². The largest absolute Gasteiger partial charge is 0.497 e. The number of methoxy groups -OCH3 is 2. The molecule has 1 aliphatic rings. The van der Waals surface area contributed by atoms with Crippen molar-refractivity contribution in [1.82, 2.24) is 0 Å². The monoisotopic (exact) mass is 420 g/mol. The summed E-state index contributed by atoms with van der Waals surface area (Å²) in [5, 5.41) is 39.4. The lowest BCUT2D eigenvalue weighted by atomic mass is 9.99. The summed E-state index contributed by atoms with van der Waals surface area (Å²) in [4.78, 5) is 0. The first-order chi connectivity index (χ1) is 14.4. The van der Waals surface area contributed by atoms with Crippen molar-refractivity contribution in [3.63, 3.8) is 0 Å². The third-order valence-corrected chi connectivity index (χ3v) is 5.11. The molecule has 1 aliphatic heterocycles. The van der Waals surface area contributed by atoms with Crippen molar-refractivity contribution in [3.8, 4) is 17.2 Å². The van der Waals surface area contributed by atoms with Gasteiger partial charge in [0, 0.05) is 6.07 Å². The van der Waals surface area contributed by atoms with Crippen LogP contribution in [0.1, 0.15) is 11.1 Å². The van der Waals surface area contributed by atoms with Gasteiger partial charge in [-0.15, -0.1) is 0 Å². The standard InChI is InChI=1S/C22H28O8/c1-27-15-5-3-4-13(8-15)6-7-14-9-16(28-2)11-17(10-14)29-22-21(26)20(25)19(24)18(12-23)30-22/h3-5,8-11,18-26H,6-7,12H2,1-2H3. The zero-order valence-corrected chi connectivity index (χ0v) is 17.0. The van der Waals surface area contributed by atoms with Crippen molar-refractivity contribution in [3.05, 3.63) is 53.6 Å². The van der Waals surface area contributed by atoms with Gasteiger partial charge >= 0.3 is 0 Å². The SMILES string of the molecule is COc1cccc(CCc2cc(OC)cc(OC3OC(CO)C(O)C(O)C3O)c2)c1. The highest BCUT2D eigenvalue weighted by atomic mass is 16.7. The van der Waals surface area contributed by atoms with Gasteiger partial charge in [-0.1, -0.05) is 12.1 Å². The number of aliphatic hydroxyl groups excluding tert-OH is 4. The smallest absolute Gasteiger partial charge is 0.229 e. The van der Waals surface area contributed by atoms with Crippen LogP contribution in [0.3, 0.4) is 0 Å². The Morgan fingerprint density at radius 2 is 1.47 bits per heavy atom. The van der Waals surface area contributed by atoms with E-state index in [4.69, 9.17) is 18.9 Å². The van der Waals surface area contributed by atoms with E-state index in [1.807, 2.05) is 30.3 Å². The molecule has 5 unspecified atom stereocenters. The highest BCUT2D eigenvalue weighted by molar-refractivity contribution is 5.39. The Morgan fingerprint density at radius 3 is 2.17 bits per heavy atom. The summed E-state index contributed by atoms with van der Waals surface area (Å²) in [6.07, 6.45) is -5.23. The van der Waals surface area contributed by atoms with Gasteiger partial charge in [0.2, 0.25) is 6.29 Å². The minimum Gasteiger partial charge on any atom is -0.497 e. The first-order valence-corrected chi connectivity index (χ1v) is 9.73. The second-order valence-electron chi connectivity index (χ2n) is 7.18. The zero-order chi connectivity index (χ0) is 21.7. The molecule has 1 fully saturated rings. The number of hydrogen-bond acceptors (Lipinski definition) is 8. The van der Waals surface area contributed by atoms with Gasteiger partial charge in [0.25, 0.3) is 0 Å². The van der Waals surface area contributed by atoms with E-state index >= 15 is 0 Å². The molecule has 30 heavy (non-hydrogen) atoms. The summed E-state index contributed by atoms with van der Waals surface area (Å²) in [5.74, 6) is 1.74. The normalized spacial score (nSPS) is 26.3. The van der Waals surface area contributed by atoms with Crippen LogP contribution < -0.4 is 14.2 Å². The minimum absolute atomic E-state index is 0.374. The van der Waals surface area contributed by atoms with Crippen LogP contribution in [-0.2, 0) is 17.6 Å². The van der Waals surface area contributed by atoms with E-state index < -0.39 is 37.3 Å². The second kappa shape index (κ2) is 10.1. The maximum absolute atomic E-state index is 10.2. The number of hydrogen-bond donors (Lipinski definition) is 4. The van der Waals surface area contributed by atoms with Crippen LogP contribution >= 0.6 is 0 Å². The Kier molecular flexibility index (Phi) is 7.52. The van der Waals surface area contributed by atoms with Crippen LogP contribution in [-0.4, -0.2) is 72.0 Å². The molecule has 0 saturated carbocycles. The molecule has 164 valence electrons. The Labute approximate surface area is 175 Å². The number of ether oxygens (including phenoxy) is 4. The van der Waals surface area contributed by atoms with Crippen LogP contribution in [0.2, 0.25) is 0 Å². The summed E-state index contributed by atoms with van der Waals surface area (Å²) < 4.78 is 21.8. The zero-order valence-electron chi connectivity index (χ0n) is 17.0. The van der Waals surface area contributed by atoms with Crippen molar-refractivity contribution in [2.24, 2.45) is 0 Å². The summed E-state index contributed by atoms with van der Waals surface area (Å²) in [7, 11) is 3.17. The molecule has 0 radical (unpaired) electrons. The topological polar surface area (TPSA) is 118 Å². The van der Waals surface area contributed by atoms with Gasteiger partial charge in [0.1, 0.15) is 41.7 Å². The minimum atomic E-state index is -1.50. The highest BCUT2D eigenvalue weighted by Crippen LogP contribution is 2.28. The maximum atomic E-state index is 10.2. The van der Waals surface area contributed by atoms with E-state index in [9.17, 15) is 20.4 Å². The van der Waals surface area contributed by atoms with Gasteiger partial charge in [-0.25, -0.2) is 0 Å². The second-order valence-corrected chi connectivity index (χ2v) is 7.18. The first kappa shape index (κ1) is 22.3. The maximum Gasteiger partial charge on any atom is 0.229 e. The van der Waals surface area contributed by atoms with Crippen molar-refractivity contribution in [2.45, 2.75) is 43.5 Å². The van der Waals surface area contributed by atoms with Gasteiger partial charge in [-0.05, 0) is 48.2 Å². The third-order valence-electron chi connectivity index (χ3n) is 5.11. The molecular weight excluding hydrogens is 392 g/mol. The van der Waals surface area contributed by atoms with E-state index in [0.717, 1.165) is 23.3 Å². The van der Waals surface area contributed by atoms with Crippen LogP contribution in [0.15, 0.2) is 42.5 Å². The molecule has 4 N–H and O–H groups in total. The first-order valence-electron chi connectivity index (χ1n) is 9.73. The Hall–Kier alpha value is -2.36. The van der Waals surface area contributed by atoms with Crippen LogP contribution in [0.25, 0.3) is 0 Å². The van der Waals surface area contributed by atoms with Crippen LogP contribution in [0.5, 0.6) is 17.2 Å². The molecule has 5 atom stereocenters. The molecule has 0 bridgehead atoms. The molecule has 0 aliphatic carbocycles. The van der Waals surface area contributed by atoms with Gasteiger partial charge in [-0.2, -0.15) is 0 Å². The summed E-state index contributed by atoms with van der Waals surface area (Å²) in [6, 6.07) is 13.1. The lowest BCUT2D eigenvalue weighted by Gasteiger charge is -2.39. The third kappa shape index (κ3) is 5.21. The van der Waals surface area contributed by atoms with E-state index in [0.29, 0.717) is 17.9 Å². The molecular formula is C22H28O8.